The molecule has 6 rings (SSSR count). The Balaban J connectivity index is 1.04. The van der Waals surface area contributed by atoms with Crippen molar-refractivity contribution in [2.45, 2.75) is 50.2 Å². The van der Waals surface area contributed by atoms with Crippen LogP contribution in [0.2, 0.25) is 0 Å². The Kier molecular flexibility index (Phi) is 7.43. The second-order valence-corrected chi connectivity index (χ2v) is 11.8. The summed E-state index contributed by atoms with van der Waals surface area (Å²) in [5.41, 5.74) is 2.64. The van der Waals surface area contributed by atoms with Gasteiger partial charge in [0.1, 0.15) is 6.04 Å². The molecule has 1 aliphatic carbocycles. The number of rotatable bonds is 8. The summed E-state index contributed by atoms with van der Waals surface area (Å²) in [4.78, 5) is 76.4. The summed E-state index contributed by atoms with van der Waals surface area (Å²) in [6, 6.07) is 18.5. The number of halogens is 1. The standard InChI is InChI=1S/C32H27BrN4O6/c33-24-4-2-1-3-23(24)32(13-14-32)31(43)35-17-19-7-5-18(6-8-19)16-34-27(39)20-9-10-21-22(15-20)30(42)37(29(21)41)25-11-12-26(38)36-28(25)40/h1-10,15,25H,11-14,16-17H2,(H,34,39)(H,35,43)(H,36,38,40). The van der Waals surface area contributed by atoms with E-state index in [1.54, 1.807) is 0 Å². The zero-order valence-corrected chi connectivity index (χ0v) is 24.5. The highest BCUT2D eigenvalue weighted by Gasteiger charge is 2.52. The highest BCUT2D eigenvalue weighted by molar-refractivity contribution is 9.10. The van der Waals surface area contributed by atoms with Crippen molar-refractivity contribution in [2.75, 3.05) is 0 Å². The van der Waals surface area contributed by atoms with Crippen LogP contribution in [0.1, 0.15) is 73.4 Å². The Bertz CT molecular complexity index is 1700. The molecule has 2 aliphatic heterocycles. The molecule has 3 N–H and O–H groups in total. The first-order valence-electron chi connectivity index (χ1n) is 13.9. The average molecular weight is 643 g/mol. The molecule has 2 fully saturated rings. The van der Waals surface area contributed by atoms with Gasteiger partial charge in [-0.3, -0.25) is 39.0 Å². The topological polar surface area (TPSA) is 142 Å². The number of carbonyl (C=O) groups is 6. The second-order valence-electron chi connectivity index (χ2n) is 11.0. The van der Waals surface area contributed by atoms with Crippen LogP contribution >= 0.6 is 15.9 Å². The molecule has 43 heavy (non-hydrogen) atoms. The molecule has 2 heterocycles. The molecule has 3 aromatic rings. The lowest BCUT2D eigenvalue weighted by molar-refractivity contribution is -0.136. The molecule has 6 amide bonds. The van der Waals surface area contributed by atoms with Crippen LogP contribution in [0.4, 0.5) is 0 Å². The van der Waals surface area contributed by atoms with Crippen LogP contribution in [0.25, 0.3) is 0 Å². The number of piperidine rings is 1. The van der Waals surface area contributed by atoms with E-state index in [2.05, 4.69) is 31.9 Å². The van der Waals surface area contributed by atoms with E-state index in [9.17, 15) is 28.8 Å². The van der Waals surface area contributed by atoms with Gasteiger partial charge in [-0.15, -0.1) is 0 Å². The Labute approximate surface area is 255 Å². The number of fused-ring (bicyclic) bond motifs is 1. The predicted octanol–water partition coefficient (Wildman–Crippen LogP) is 3.13. The number of hydrogen-bond donors (Lipinski definition) is 3. The maximum absolute atomic E-state index is 13.0. The molecular formula is C32H27BrN4O6. The Morgan fingerprint density at radius 2 is 1.51 bits per heavy atom. The highest BCUT2D eigenvalue weighted by Crippen LogP contribution is 2.50. The van der Waals surface area contributed by atoms with Gasteiger partial charge in [-0.2, -0.15) is 0 Å². The fourth-order valence-electron chi connectivity index (χ4n) is 5.62. The normalized spacial score (nSPS) is 18.6. The minimum Gasteiger partial charge on any atom is -0.351 e. The third kappa shape index (κ3) is 5.36. The minimum absolute atomic E-state index is 0.00509. The third-order valence-electron chi connectivity index (χ3n) is 8.21. The first-order valence-corrected chi connectivity index (χ1v) is 14.7. The molecule has 3 aliphatic rings. The predicted molar refractivity (Wildman–Crippen MR) is 158 cm³/mol. The maximum atomic E-state index is 13.0. The number of amides is 6. The number of imide groups is 2. The number of nitrogens with zero attached hydrogens (tertiary/aromatic N) is 1. The van der Waals surface area contributed by atoms with Crippen molar-refractivity contribution in [1.82, 2.24) is 20.9 Å². The molecular weight excluding hydrogens is 616 g/mol. The Morgan fingerprint density at radius 1 is 0.860 bits per heavy atom. The Hall–Kier alpha value is -4.64. The van der Waals surface area contributed by atoms with Crippen molar-refractivity contribution in [3.05, 3.63) is 105 Å². The quantitative estimate of drug-likeness (QED) is 0.322. The summed E-state index contributed by atoms with van der Waals surface area (Å²) in [7, 11) is 0. The van der Waals surface area contributed by atoms with Crippen LogP contribution in [-0.2, 0) is 32.9 Å². The molecule has 1 unspecified atom stereocenters. The molecule has 218 valence electrons. The molecule has 11 heteroatoms. The first kappa shape index (κ1) is 28.5. The largest absolute Gasteiger partial charge is 0.351 e. The van der Waals surface area contributed by atoms with E-state index in [1.165, 1.54) is 18.2 Å². The van der Waals surface area contributed by atoms with Gasteiger partial charge in [-0.05, 0) is 60.2 Å². The average Bonchev–Trinajstić information content (AvgIpc) is 3.78. The first-order chi connectivity index (χ1) is 20.7. The van der Waals surface area contributed by atoms with Crippen molar-refractivity contribution in [2.24, 2.45) is 0 Å². The van der Waals surface area contributed by atoms with Gasteiger partial charge in [0, 0.05) is 29.5 Å². The zero-order valence-electron chi connectivity index (χ0n) is 22.9. The molecule has 0 bridgehead atoms. The van der Waals surface area contributed by atoms with E-state index in [0.717, 1.165) is 38.9 Å². The lowest BCUT2D eigenvalue weighted by atomic mass is 9.95. The summed E-state index contributed by atoms with van der Waals surface area (Å²) in [6.07, 6.45) is 1.71. The molecule has 1 atom stereocenters. The summed E-state index contributed by atoms with van der Waals surface area (Å²) in [5, 5.41) is 8.03. The SMILES string of the molecule is O=C1CCC(N2C(=O)c3ccc(C(=O)NCc4ccc(CNC(=O)C5(c6ccccc6Br)CC5)cc4)cc3C2=O)C(=O)N1. The number of hydrogen-bond acceptors (Lipinski definition) is 6. The van der Waals surface area contributed by atoms with Gasteiger partial charge in [0.15, 0.2) is 0 Å². The summed E-state index contributed by atoms with van der Waals surface area (Å²) in [6.45, 7) is 0.609. The fraction of sp³-hybridized carbons (Fsp3) is 0.250. The van der Waals surface area contributed by atoms with E-state index in [1.807, 2.05) is 48.5 Å². The lowest BCUT2D eigenvalue weighted by Gasteiger charge is -2.27. The summed E-state index contributed by atoms with van der Waals surface area (Å²) in [5.74, 6) is -2.86. The number of carbonyl (C=O) groups excluding carboxylic acids is 6. The smallest absolute Gasteiger partial charge is 0.262 e. The van der Waals surface area contributed by atoms with E-state index in [-0.39, 0.29) is 42.0 Å². The molecule has 1 saturated carbocycles. The zero-order chi connectivity index (χ0) is 30.3. The fourth-order valence-corrected chi connectivity index (χ4v) is 6.28. The third-order valence-corrected chi connectivity index (χ3v) is 8.90. The lowest BCUT2D eigenvalue weighted by Crippen LogP contribution is -2.54. The van der Waals surface area contributed by atoms with Crippen molar-refractivity contribution in [3.8, 4) is 0 Å². The van der Waals surface area contributed by atoms with Gasteiger partial charge in [-0.1, -0.05) is 58.4 Å². The van der Waals surface area contributed by atoms with Gasteiger partial charge in [0.05, 0.1) is 16.5 Å². The van der Waals surface area contributed by atoms with Crippen molar-refractivity contribution < 1.29 is 28.8 Å². The highest BCUT2D eigenvalue weighted by atomic mass is 79.9. The van der Waals surface area contributed by atoms with Crippen LogP contribution in [0, 0.1) is 0 Å². The summed E-state index contributed by atoms with van der Waals surface area (Å²) < 4.78 is 0.934. The summed E-state index contributed by atoms with van der Waals surface area (Å²) >= 11 is 3.56. The molecule has 1 saturated heterocycles. The van der Waals surface area contributed by atoms with Crippen LogP contribution in [0.3, 0.4) is 0 Å². The van der Waals surface area contributed by atoms with Crippen LogP contribution in [0.15, 0.2) is 71.2 Å². The van der Waals surface area contributed by atoms with Crippen LogP contribution in [0.5, 0.6) is 0 Å². The van der Waals surface area contributed by atoms with Gasteiger partial charge < -0.3 is 10.6 Å². The molecule has 10 nitrogen and oxygen atoms in total. The minimum atomic E-state index is -1.07. The number of nitrogens with one attached hydrogen (secondary N) is 3. The van der Waals surface area contributed by atoms with Crippen LogP contribution in [-0.4, -0.2) is 46.4 Å². The second kappa shape index (κ2) is 11.2. The van der Waals surface area contributed by atoms with E-state index in [0.29, 0.717) is 6.54 Å². The van der Waals surface area contributed by atoms with E-state index < -0.39 is 41.0 Å². The molecule has 0 spiro atoms. The van der Waals surface area contributed by atoms with Gasteiger partial charge in [0.2, 0.25) is 17.7 Å². The van der Waals surface area contributed by atoms with Crippen molar-refractivity contribution in [3.63, 3.8) is 0 Å². The van der Waals surface area contributed by atoms with Gasteiger partial charge in [0.25, 0.3) is 17.7 Å². The van der Waals surface area contributed by atoms with Gasteiger partial charge >= 0.3 is 0 Å². The van der Waals surface area contributed by atoms with Crippen LogP contribution < -0.4 is 16.0 Å². The molecule has 3 aromatic carbocycles. The molecule has 0 aromatic heterocycles. The number of benzene rings is 3. The monoisotopic (exact) mass is 642 g/mol. The molecule has 0 radical (unpaired) electrons. The Morgan fingerprint density at radius 3 is 2.16 bits per heavy atom. The van der Waals surface area contributed by atoms with Gasteiger partial charge in [-0.25, -0.2) is 0 Å². The van der Waals surface area contributed by atoms with E-state index >= 15 is 0 Å². The van der Waals surface area contributed by atoms with E-state index in [4.69, 9.17) is 0 Å². The maximum Gasteiger partial charge on any atom is 0.262 e. The van der Waals surface area contributed by atoms with Crippen molar-refractivity contribution >= 4 is 51.4 Å². The van der Waals surface area contributed by atoms with Crippen molar-refractivity contribution in [1.29, 1.82) is 0 Å².